The summed E-state index contributed by atoms with van der Waals surface area (Å²) in [5, 5.41) is 0. The largest absolute Gasteiger partial charge is 0.573 e. The van der Waals surface area contributed by atoms with Gasteiger partial charge in [0.25, 0.3) is 5.91 Å². The zero-order valence-electron chi connectivity index (χ0n) is 18.6. The SMILES string of the molecule is Cc1cccc(C(=O)N2CC(=O)N(C(C)C)C[C@H](OCc3ccc(OC(F)(F)F)cc3)C2)n1. The van der Waals surface area contributed by atoms with E-state index in [1.165, 1.54) is 29.2 Å². The van der Waals surface area contributed by atoms with Crippen LogP contribution < -0.4 is 4.74 Å². The summed E-state index contributed by atoms with van der Waals surface area (Å²) in [6.07, 6.45) is -5.24. The Balaban J connectivity index is 1.72. The van der Waals surface area contributed by atoms with Crippen molar-refractivity contribution in [2.24, 2.45) is 0 Å². The van der Waals surface area contributed by atoms with Gasteiger partial charge in [-0.05, 0) is 50.6 Å². The Morgan fingerprint density at radius 1 is 1.15 bits per heavy atom. The van der Waals surface area contributed by atoms with Gasteiger partial charge < -0.3 is 19.3 Å². The lowest BCUT2D eigenvalue weighted by atomic mass is 10.2. The molecule has 0 spiro atoms. The number of alkyl halides is 3. The molecule has 1 fully saturated rings. The molecule has 1 saturated heterocycles. The fraction of sp³-hybridized carbons (Fsp3) is 0.435. The number of hydrogen-bond acceptors (Lipinski definition) is 5. The number of carbonyl (C=O) groups excluding carboxylic acids is 2. The van der Waals surface area contributed by atoms with E-state index in [9.17, 15) is 22.8 Å². The Morgan fingerprint density at radius 2 is 1.85 bits per heavy atom. The molecule has 2 amide bonds. The van der Waals surface area contributed by atoms with Crippen LogP contribution in [0, 0.1) is 6.92 Å². The van der Waals surface area contributed by atoms with E-state index < -0.39 is 12.5 Å². The van der Waals surface area contributed by atoms with Crippen LogP contribution in [0.1, 0.15) is 35.6 Å². The van der Waals surface area contributed by atoms with Crippen LogP contribution in [0.3, 0.4) is 0 Å². The number of benzene rings is 1. The van der Waals surface area contributed by atoms with Gasteiger partial charge in [0.05, 0.1) is 12.7 Å². The molecular formula is C23H26F3N3O4. The zero-order chi connectivity index (χ0) is 24.2. The molecule has 1 atom stereocenters. The topological polar surface area (TPSA) is 72.0 Å². The van der Waals surface area contributed by atoms with Crippen LogP contribution in [0.2, 0.25) is 0 Å². The van der Waals surface area contributed by atoms with Gasteiger partial charge in [-0.25, -0.2) is 4.98 Å². The number of pyridine rings is 1. The maximum Gasteiger partial charge on any atom is 0.573 e. The number of carbonyl (C=O) groups is 2. The molecule has 0 radical (unpaired) electrons. The standard InChI is InChI=1S/C23H26F3N3O4/c1-15(2)29-12-19(32-14-17-7-9-18(10-8-17)33-23(24,25)26)11-28(13-21(29)30)22(31)20-6-4-5-16(3)27-20/h4-10,15,19H,11-14H2,1-3H3/t19-/m1/s1. The number of rotatable bonds is 6. The molecule has 0 N–H and O–H groups in total. The van der Waals surface area contributed by atoms with Crippen molar-refractivity contribution in [1.29, 1.82) is 0 Å². The second-order valence-electron chi connectivity index (χ2n) is 8.11. The second-order valence-corrected chi connectivity index (χ2v) is 8.11. The first-order valence-corrected chi connectivity index (χ1v) is 10.5. The minimum Gasteiger partial charge on any atom is -0.406 e. The van der Waals surface area contributed by atoms with E-state index in [1.807, 2.05) is 13.8 Å². The van der Waals surface area contributed by atoms with Crippen LogP contribution >= 0.6 is 0 Å². The van der Waals surface area contributed by atoms with Crippen LogP contribution in [-0.4, -0.2) is 64.7 Å². The van der Waals surface area contributed by atoms with Crippen molar-refractivity contribution in [3.8, 4) is 5.75 Å². The smallest absolute Gasteiger partial charge is 0.406 e. The zero-order valence-corrected chi connectivity index (χ0v) is 18.6. The minimum absolute atomic E-state index is 0.0873. The molecule has 2 aromatic rings. The van der Waals surface area contributed by atoms with Gasteiger partial charge in [-0.15, -0.1) is 13.2 Å². The highest BCUT2D eigenvalue weighted by Gasteiger charge is 2.33. The van der Waals surface area contributed by atoms with E-state index in [4.69, 9.17) is 4.74 Å². The maximum atomic E-state index is 13.0. The molecule has 0 saturated carbocycles. The Hall–Kier alpha value is -3.14. The van der Waals surface area contributed by atoms with Gasteiger partial charge in [-0.1, -0.05) is 18.2 Å². The fourth-order valence-corrected chi connectivity index (χ4v) is 3.53. The normalized spacial score (nSPS) is 17.3. The van der Waals surface area contributed by atoms with E-state index in [1.54, 1.807) is 30.0 Å². The third-order valence-electron chi connectivity index (χ3n) is 5.13. The molecule has 0 unspecified atom stereocenters. The predicted molar refractivity (Wildman–Crippen MR) is 113 cm³/mol. The molecular weight excluding hydrogens is 439 g/mol. The number of aryl methyl sites for hydroxylation is 1. The first-order valence-electron chi connectivity index (χ1n) is 10.5. The van der Waals surface area contributed by atoms with Gasteiger partial charge >= 0.3 is 6.36 Å². The van der Waals surface area contributed by atoms with Gasteiger partial charge in [-0.3, -0.25) is 9.59 Å². The van der Waals surface area contributed by atoms with E-state index in [0.29, 0.717) is 11.3 Å². The fourth-order valence-electron chi connectivity index (χ4n) is 3.53. The van der Waals surface area contributed by atoms with E-state index in [-0.39, 0.29) is 55.5 Å². The van der Waals surface area contributed by atoms with Crippen molar-refractivity contribution in [1.82, 2.24) is 14.8 Å². The number of ether oxygens (including phenoxy) is 2. The lowest BCUT2D eigenvalue weighted by Crippen LogP contribution is -2.42. The Bertz CT molecular complexity index is 980. The summed E-state index contributed by atoms with van der Waals surface area (Å²) in [5.74, 6) is -0.870. The highest BCUT2D eigenvalue weighted by molar-refractivity contribution is 5.95. The van der Waals surface area contributed by atoms with Crippen molar-refractivity contribution < 1.29 is 32.2 Å². The van der Waals surface area contributed by atoms with Crippen LogP contribution in [0.25, 0.3) is 0 Å². The van der Waals surface area contributed by atoms with Gasteiger partial charge in [0.15, 0.2) is 0 Å². The van der Waals surface area contributed by atoms with Gasteiger partial charge in [0.2, 0.25) is 5.91 Å². The van der Waals surface area contributed by atoms with Crippen LogP contribution in [-0.2, 0) is 16.1 Å². The summed E-state index contributed by atoms with van der Waals surface area (Å²) < 4.78 is 46.9. The molecule has 0 aliphatic carbocycles. The molecule has 178 valence electrons. The predicted octanol–water partition coefficient (Wildman–Crippen LogP) is 3.57. The molecule has 1 aliphatic heterocycles. The van der Waals surface area contributed by atoms with E-state index >= 15 is 0 Å². The Morgan fingerprint density at radius 3 is 2.45 bits per heavy atom. The van der Waals surface area contributed by atoms with Crippen molar-refractivity contribution in [2.75, 3.05) is 19.6 Å². The summed E-state index contributed by atoms with van der Waals surface area (Å²) in [6.45, 7) is 6.02. The molecule has 33 heavy (non-hydrogen) atoms. The summed E-state index contributed by atoms with van der Waals surface area (Å²) in [4.78, 5) is 33.2. The van der Waals surface area contributed by atoms with E-state index in [0.717, 1.165) is 0 Å². The third kappa shape index (κ3) is 6.92. The quantitative estimate of drug-likeness (QED) is 0.652. The van der Waals surface area contributed by atoms with Gasteiger partial charge in [0.1, 0.15) is 18.0 Å². The molecule has 7 nitrogen and oxygen atoms in total. The molecule has 1 aromatic carbocycles. The highest BCUT2D eigenvalue weighted by atomic mass is 19.4. The number of hydrogen-bond donors (Lipinski definition) is 0. The molecule has 2 heterocycles. The Labute approximate surface area is 190 Å². The summed E-state index contributed by atoms with van der Waals surface area (Å²) in [5.41, 5.74) is 1.57. The second kappa shape index (κ2) is 10.2. The molecule has 1 aliphatic rings. The monoisotopic (exact) mass is 465 g/mol. The number of halogens is 3. The van der Waals surface area contributed by atoms with Crippen molar-refractivity contribution >= 4 is 11.8 Å². The maximum absolute atomic E-state index is 13.0. The molecule has 0 bridgehead atoms. The van der Waals surface area contributed by atoms with Crippen LogP contribution in [0.5, 0.6) is 5.75 Å². The van der Waals surface area contributed by atoms with Crippen LogP contribution in [0.4, 0.5) is 13.2 Å². The average Bonchev–Trinajstić information content (AvgIpc) is 2.90. The summed E-state index contributed by atoms with van der Waals surface area (Å²) in [7, 11) is 0. The first kappa shape index (κ1) is 24.5. The van der Waals surface area contributed by atoms with Crippen molar-refractivity contribution in [2.45, 2.75) is 45.9 Å². The van der Waals surface area contributed by atoms with E-state index in [2.05, 4.69) is 9.72 Å². The first-order chi connectivity index (χ1) is 15.5. The minimum atomic E-state index is -4.76. The lowest BCUT2D eigenvalue weighted by Gasteiger charge is -2.27. The number of aromatic nitrogens is 1. The van der Waals surface area contributed by atoms with Crippen molar-refractivity contribution in [3.05, 3.63) is 59.4 Å². The number of amides is 2. The Kier molecular flexibility index (Phi) is 7.57. The average molecular weight is 465 g/mol. The number of nitrogens with zero attached hydrogens (tertiary/aromatic N) is 3. The van der Waals surface area contributed by atoms with Gasteiger partial charge in [-0.2, -0.15) is 0 Å². The molecule has 1 aromatic heterocycles. The summed E-state index contributed by atoms with van der Waals surface area (Å²) >= 11 is 0. The molecule has 3 rings (SSSR count). The third-order valence-corrected chi connectivity index (χ3v) is 5.13. The molecule has 10 heteroatoms. The van der Waals surface area contributed by atoms with Crippen molar-refractivity contribution in [3.63, 3.8) is 0 Å². The van der Waals surface area contributed by atoms with Crippen LogP contribution in [0.15, 0.2) is 42.5 Å². The summed E-state index contributed by atoms with van der Waals surface area (Å²) in [6, 6.07) is 10.4. The lowest BCUT2D eigenvalue weighted by molar-refractivity contribution is -0.274. The van der Waals surface area contributed by atoms with Gasteiger partial charge in [0, 0.05) is 24.8 Å². The highest BCUT2D eigenvalue weighted by Crippen LogP contribution is 2.23.